The van der Waals surface area contributed by atoms with Crippen LogP contribution in [0.1, 0.15) is 40.9 Å². The number of nitrogens with one attached hydrogen (secondary N) is 1. The Bertz CT molecular complexity index is 1300. The number of carbonyl (C=O) groups excluding carboxylic acids is 1. The summed E-state index contributed by atoms with van der Waals surface area (Å²) in [5.41, 5.74) is 0.865. The molecule has 34 heavy (non-hydrogen) atoms. The number of hydrogen-bond donors (Lipinski definition) is 2. The van der Waals surface area contributed by atoms with Crippen molar-refractivity contribution in [2.75, 3.05) is 11.9 Å². The smallest absolute Gasteiger partial charge is 0.333 e. The van der Waals surface area contributed by atoms with Gasteiger partial charge in [-0.2, -0.15) is 13.5 Å². The van der Waals surface area contributed by atoms with Gasteiger partial charge in [0.2, 0.25) is 5.78 Å². The molecule has 3 N–H and O–H groups in total. The summed E-state index contributed by atoms with van der Waals surface area (Å²) in [5, 5.41) is 12.4. The second-order valence-corrected chi connectivity index (χ2v) is 9.28. The molecular formula is C21H22F2N6O4S. The number of ketones is 1. The number of nitrogens with zero attached hydrogens (tertiary/aromatic N) is 4. The first-order valence-electron chi connectivity index (χ1n) is 10.4. The summed E-state index contributed by atoms with van der Waals surface area (Å²) >= 11 is 0. The second kappa shape index (κ2) is 9.91. The van der Waals surface area contributed by atoms with E-state index >= 15 is 0 Å². The van der Waals surface area contributed by atoms with Gasteiger partial charge in [0.15, 0.2) is 11.6 Å². The number of anilines is 1. The van der Waals surface area contributed by atoms with Crippen molar-refractivity contribution in [2.45, 2.75) is 31.8 Å². The summed E-state index contributed by atoms with van der Waals surface area (Å²) in [6, 6.07) is 5.04. The van der Waals surface area contributed by atoms with Crippen molar-refractivity contribution in [1.29, 1.82) is 0 Å². The molecule has 1 aliphatic carbocycles. The molecule has 1 aromatic carbocycles. The Kier molecular flexibility index (Phi) is 6.95. The normalized spacial score (nSPS) is 18.2. The van der Waals surface area contributed by atoms with Gasteiger partial charge in [0.1, 0.15) is 17.8 Å². The molecule has 2 unspecified atom stereocenters. The zero-order chi connectivity index (χ0) is 24.3. The highest BCUT2D eigenvalue weighted by atomic mass is 32.2. The predicted molar refractivity (Wildman–Crippen MR) is 117 cm³/mol. The summed E-state index contributed by atoms with van der Waals surface area (Å²) in [4.78, 5) is 21.2. The molecule has 2 heterocycles. The van der Waals surface area contributed by atoms with Gasteiger partial charge in [0.25, 0.3) is 0 Å². The van der Waals surface area contributed by atoms with Gasteiger partial charge >= 0.3 is 10.3 Å². The van der Waals surface area contributed by atoms with Crippen LogP contribution in [0.4, 0.5) is 14.6 Å². The lowest BCUT2D eigenvalue weighted by molar-refractivity contribution is 0.103. The van der Waals surface area contributed by atoms with Crippen molar-refractivity contribution in [3.05, 3.63) is 71.4 Å². The van der Waals surface area contributed by atoms with Crippen molar-refractivity contribution in [3.63, 3.8) is 0 Å². The fourth-order valence-corrected chi connectivity index (χ4v) is 4.27. The Morgan fingerprint density at radius 3 is 2.82 bits per heavy atom. The number of carbonyl (C=O) groups is 1. The first-order valence-corrected chi connectivity index (χ1v) is 11.9. The van der Waals surface area contributed by atoms with Crippen LogP contribution in [-0.4, -0.2) is 46.6 Å². The third-order valence-electron chi connectivity index (χ3n) is 5.51. The van der Waals surface area contributed by atoms with Crippen LogP contribution < -0.4 is 10.5 Å². The second-order valence-electron chi connectivity index (χ2n) is 8.06. The number of rotatable bonds is 9. The van der Waals surface area contributed by atoms with Gasteiger partial charge in [0.05, 0.1) is 18.7 Å². The lowest BCUT2D eigenvalue weighted by Crippen LogP contribution is -2.22. The van der Waals surface area contributed by atoms with Gasteiger partial charge in [0, 0.05) is 18.4 Å². The summed E-state index contributed by atoms with van der Waals surface area (Å²) in [6.07, 6.45) is 6.36. The highest BCUT2D eigenvalue weighted by Crippen LogP contribution is 2.29. The minimum atomic E-state index is -3.99. The van der Waals surface area contributed by atoms with E-state index in [0.717, 1.165) is 25.0 Å². The Balaban J connectivity index is 1.42. The predicted octanol–water partition coefficient (Wildman–Crippen LogP) is 2.03. The molecule has 2 atom stereocenters. The highest BCUT2D eigenvalue weighted by molar-refractivity contribution is 7.84. The number of hydrogen-bond acceptors (Lipinski definition) is 8. The molecule has 10 nitrogen and oxygen atoms in total. The monoisotopic (exact) mass is 492 g/mol. The van der Waals surface area contributed by atoms with Crippen LogP contribution in [0.25, 0.3) is 0 Å². The molecule has 0 amide bonds. The Morgan fingerprint density at radius 1 is 1.24 bits per heavy atom. The molecule has 1 fully saturated rings. The molecule has 0 saturated heterocycles. The summed E-state index contributed by atoms with van der Waals surface area (Å²) < 4.78 is 54.7. The van der Waals surface area contributed by atoms with Crippen LogP contribution >= 0.6 is 0 Å². The van der Waals surface area contributed by atoms with E-state index in [4.69, 9.17) is 5.14 Å². The van der Waals surface area contributed by atoms with Crippen LogP contribution in [-0.2, 0) is 21.0 Å². The fourth-order valence-electron chi connectivity index (χ4n) is 3.89. The Hall–Kier alpha value is -3.29. The zero-order valence-electron chi connectivity index (χ0n) is 17.9. The van der Waals surface area contributed by atoms with E-state index in [1.807, 2.05) is 0 Å². The molecule has 3 aromatic rings. The van der Waals surface area contributed by atoms with E-state index in [9.17, 15) is 22.0 Å². The average Bonchev–Trinajstić information content (AvgIpc) is 3.44. The number of aromatic nitrogens is 4. The Labute approximate surface area is 194 Å². The largest absolute Gasteiger partial charge is 0.367 e. The van der Waals surface area contributed by atoms with E-state index in [1.165, 1.54) is 29.3 Å². The molecule has 1 saturated carbocycles. The van der Waals surface area contributed by atoms with Crippen LogP contribution in [0.5, 0.6) is 0 Å². The van der Waals surface area contributed by atoms with Crippen LogP contribution in [0, 0.1) is 17.6 Å². The van der Waals surface area contributed by atoms with Crippen molar-refractivity contribution >= 4 is 21.9 Å². The third-order valence-corrected chi connectivity index (χ3v) is 5.97. The first-order chi connectivity index (χ1) is 16.2. The van der Waals surface area contributed by atoms with Crippen LogP contribution in [0.15, 0.2) is 43.0 Å². The Morgan fingerprint density at radius 2 is 2.06 bits per heavy atom. The maximum Gasteiger partial charge on any atom is 0.333 e. The average molecular weight is 493 g/mol. The summed E-state index contributed by atoms with van der Waals surface area (Å²) in [7, 11) is -3.99. The number of nitrogens with two attached hydrogens (primary N) is 1. The minimum Gasteiger partial charge on any atom is -0.367 e. The van der Waals surface area contributed by atoms with E-state index in [2.05, 4.69) is 24.6 Å². The van der Waals surface area contributed by atoms with Crippen LogP contribution in [0.3, 0.4) is 0 Å². The topological polar surface area (TPSA) is 142 Å². The lowest BCUT2D eigenvalue weighted by atomic mass is 10.1. The van der Waals surface area contributed by atoms with Gasteiger partial charge < -0.3 is 5.32 Å². The molecule has 0 aliphatic heterocycles. The van der Waals surface area contributed by atoms with E-state index in [0.29, 0.717) is 17.8 Å². The quantitative estimate of drug-likeness (QED) is 0.432. The molecule has 0 bridgehead atoms. The van der Waals surface area contributed by atoms with Gasteiger partial charge in [-0.25, -0.2) is 23.9 Å². The third kappa shape index (κ3) is 5.98. The van der Waals surface area contributed by atoms with Crippen molar-refractivity contribution < 1.29 is 26.2 Å². The lowest BCUT2D eigenvalue weighted by Gasteiger charge is -2.15. The van der Waals surface area contributed by atoms with Crippen LogP contribution in [0.2, 0.25) is 0 Å². The molecule has 2 aromatic heterocycles. The standard InChI is InChI=1S/C21H22F2N6O4S/c22-17-4-2-13(8-18(17)23)10-29-6-5-19(28-29)20(30)16-9-25-12-26-21(16)27-15-3-1-14(7-15)11-33-34(24,31)32/h2,4-6,8-9,12,14-15H,1,3,7,10-11H2,(H2,24,31,32)(H,25,26,27). The van der Waals surface area contributed by atoms with E-state index in [1.54, 1.807) is 6.20 Å². The fraction of sp³-hybridized carbons (Fsp3) is 0.333. The number of halogens is 2. The molecular weight excluding hydrogens is 470 g/mol. The van der Waals surface area contributed by atoms with Gasteiger partial charge in [-0.3, -0.25) is 13.7 Å². The highest BCUT2D eigenvalue weighted by Gasteiger charge is 2.28. The maximum absolute atomic E-state index is 13.4. The van der Waals surface area contributed by atoms with Gasteiger partial charge in [-0.05, 0) is 48.9 Å². The molecule has 13 heteroatoms. The SMILES string of the molecule is NS(=O)(=O)OCC1CCC(Nc2ncncc2C(=O)c2ccn(Cc3ccc(F)c(F)c3)n2)C1. The zero-order valence-corrected chi connectivity index (χ0v) is 18.7. The van der Waals surface area contributed by atoms with Gasteiger partial charge in [-0.15, -0.1) is 0 Å². The van der Waals surface area contributed by atoms with Crippen molar-refractivity contribution in [3.8, 4) is 0 Å². The first kappa shape index (κ1) is 23.9. The molecule has 4 rings (SSSR count). The van der Waals surface area contributed by atoms with E-state index < -0.39 is 27.7 Å². The van der Waals surface area contributed by atoms with Crippen molar-refractivity contribution in [2.24, 2.45) is 11.1 Å². The van der Waals surface area contributed by atoms with E-state index in [-0.39, 0.29) is 36.4 Å². The minimum absolute atomic E-state index is 0.00195. The number of benzene rings is 1. The molecule has 1 aliphatic rings. The summed E-state index contributed by atoms with van der Waals surface area (Å²) in [6.45, 7) is 0.160. The molecule has 180 valence electrons. The molecule has 0 radical (unpaired) electrons. The molecule has 0 spiro atoms. The van der Waals surface area contributed by atoms with Gasteiger partial charge in [-0.1, -0.05) is 6.07 Å². The summed E-state index contributed by atoms with van der Waals surface area (Å²) in [5.74, 6) is -1.95. The maximum atomic E-state index is 13.4. The van der Waals surface area contributed by atoms with Crippen molar-refractivity contribution in [1.82, 2.24) is 19.7 Å².